The van der Waals surface area contributed by atoms with Crippen LogP contribution in [0, 0.1) is 0 Å². The Bertz CT molecular complexity index is 230. The second-order valence-electron chi connectivity index (χ2n) is 1.69. The van der Waals surface area contributed by atoms with E-state index in [4.69, 9.17) is 10.3 Å². The van der Waals surface area contributed by atoms with Gasteiger partial charge in [-0.15, -0.1) is 0 Å². The lowest BCUT2D eigenvalue weighted by Gasteiger charge is -1.89. The van der Waals surface area contributed by atoms with Crippen LogP contribution in [-0.2, 0) is 0 Å². The second kappa shape index (κ2) is 2.82. The average Bonchev–Trinajstić information content (AvgIpc) is 1.95. The van der Waals surface area contributed by atoms with E-state index in [0.717, 1.165) is 0 Å². The van der Waals surface area contributed by atoms with Gasteiger partial charge in [-0.1, -0.05) is 5.16 Å². The minimum atomic E-state index is 0.0927. The van der Waals surface area contributed by atoms with Crippen LogP contribution >= 0.6 is 0 Å². The van der Waals surface area contributed by atoms with Crippen molar-refractivity contribution in [2.24, 2.45) is 5.16 Å². The molecule has 1 rings (SSSR count). The second-order valence-corrected chi connectivity index (χ2v) is 1.69. The lowest BCUT2D eigenvalue weighted by molar-refractivity contribution is 0.321. The first-order valence-corrected chi connectivity index (χ1v) is 2.65. The molecule has 0 aromatic carbocycles. The van der Waals surface area contributed by atoms with Gasteiger partial charge in [-0.05, 0) is 12.1 Å². The molecule has 0 aliphatic heterocycles. The summed E-state index contributed by atoms with van der Waals surface area (Å²) < 4.78 is 0. The van der Waals surface area contributed by atoms with Crippen molar-refractivity contribution in [3.8, 4) is 5.75 Å². The largest absolute Gasteiger partial charge is 0.506 e. The van der Waals surface area contributed by atoms with Crippen LogP contribution in [0.5, 0.6) is 5.75 Å². The highest BCUT2D eigenvalue weighted by atomic mass is 16.4. The molecule has 2 N–H and O–H groups in total. The normalized spacial score (nSPS) is 10.4. The molecule has 0 unspecified atom stereocenters. The van der Waals surface area contributed by atoms with Crippen LogP contribution in [-0.4, -0.2) is 21.5 Å². The summed E-state index contributed by atoms with van der Waals surface area (Å²) in [4.78, 5) is 3.71. The van der Waals surface area contributed by atoms with Crippen molar-refractivity contribution in [1.82, 2.24) is 4.98 Å². The zero-order valence-corrected chi connectivity index (χ0v) is 5.10. The molecule has 0 bridgehead atoms. The molecule has 0 aliphatic carbocycles. The van der Waals surface area contributed by atoms with Gasteiger partial charge in [0.1, 0.15) is 5.75 Å². The highest BCUT2D eigenvalue weighted by Crippen LogP contribution is 2.03. The van der Waals surface area contributed by atoms with Crippen LogP contribution in [0.3, 0.4) is 0 Å². The van der Waals surface area contributed by atoms with E-state index in [9.17, 15) is 0 Å². The summed E-state index contributed by atoms with van der Waals surface area (Å²) in [6.45, 7) is 0. The van der Waals surface area contributed by atoms with Gasteiger partial charge in [-0.2, -0.15) is 0 Å². The fourth-order valence-corrected chi connectivity index (χ4v) is 0.533. The van der Waals surface area contributed by atoms with E-state index in [1.807, 2.05) is 0 Å². The fraction of sp³-hybridized carbons (Fsp3) is 0. The summed E-state index contributed by atoms with van der Waals surface area (Å²) in [7, 11) is 0. The highest BCUT2D eigenvalue weighted by molar-refractivity contribution is 5.76. The molecule has 1 heterocycles. The van der Waals surface area contributed by atoms with Crippen LogP contribution in [0.4, 0.5) is 0 Å². The molecule has 10 heavy (non-hydrogen) atoms. The lowest BCUT2D eigenvalue weighted by atomic mass is 10.4. The summed E-state index contributed by atoms with van der Waals surface area (Å²) in [6, 6.07) is 3.00. The molecular weight excluding hydrogens is 132 g/mol. The molecule has 1 aromatic heterocycles. The number of hydrogen-bond donors (Lipinski definition) is 2. The van der Waals surface area contributed by atoms with Crippen LogP contribution in [0.1, 0.15) is 5.69 Å². The van der Waals surface area contributed by atoms with Gasteiger partial charge in [0, 0.05) is 0 Å². The standard InChI is InChI=1S/C6H6N2O2/c9-6-2-1-5(3-8-10)7-4-6/h1-4,9-10H/b8-3+. The molecule has 0 atom stereocenters. The Hall–Kier alpha value is -1.58. The highest BCUT2D eigenvalue weighted by Gasteiger charge is 1.88. The van der Waals surface area contributed by atoms with Gasteiger partial charge in [0.05, 0.1) is 18.1 Å². The molecule has 0 spiro atoms. The van der Waals surface area contributed by atoms with Gasteiger partial charge in [0.15, 0.2) is 0 Å². The van der Waals surface area contributed by atoms with Gasteiger partial charge in [0.2, 0.25) is 0 Å². The topological polar surface area (TPSA) is 65.7 Å². The van der Waals surface area contributed by atoms with E-state index in [1.54, 1.807) is 0 Å². The SMILES string of the molecule is O/N=C/c1ccc(O)cn1. The number of aromatic nitrogens is 1. The smallest absolute Gasteiger partial charge is 0.133 e. The molecule has 0 amide bonds. The number of rotatable bonds is 1. The Morgan fingerprint density at radius 1 is 1.50 bits per heavy atom. The van der Waals surface area contributed by atoms with Crippen molar-refractivity contribution in [1.29, 1.82) is 0 Å². The summed E-state index contributed by atoms with van der Waals surface area (Å²) in [6.07, 6.45) is 2.45. The van der Waals surface area contributed by atoms with E-state index in [2.05, 4.69) is 10.1 Å². The van der Waals surface area contributed by atoms with E-state index in [1.165, 1.54) is 24.5 Å². The van der Waals surface area contributed by atoms with Gasteiger partial charge in [-0.3, -0.25) is 4.98 Å². The third-order valence-corrected chi connectivity index (χ3v) is 0.961. The zero-order valence-electron chi connectivity index (χ0n) is 5.10. The maximum absolute atomic E-state index is 8.76. The molecule has 0 aliphatic rings. The molecule has 4 nitrogen and oxygen atoms in total. The summed E-state index contributed by atoms with van der Waals surface area (Å²) in [5, 5.41) is 19.6. The van der Waals surface area contributed by atoms with E-state index in [-0.39, 0.29) is 5.75 Å². The fourth-order valence-electron chi connectivity index (χ4n) is 0.533. The van der Waals surface area contributed by atoms with Crippen LogP contribution in [0.2, 0.25) is 0 Å². The van der Waals surface area contributed by atoms with E-state index >= 15 is 0 Å². The van der Waals surface area contributed by atoms with E-state index < -0.39 is 0 Å². The van der Waals surface area contributed by atoms with E-state index in [0.29, 0.717) is 5.69 Å². The maximum atomic E-state index is 8.76. The van der Waals surface area contributed by atoms with Crippen molar-refractivity contribution in [3.05, 3.63) is 24.0 Å². The molecule has 0 saturated heterocycles. The number of aromatic hydroxyl groups is 1. The molecule has 1 aromatic rings. The zero-order chi connectivity index (χ0) is 7.40. The molecule has 0 saturated carbocycles. The minimum Gasteiger partial charge on any atom is -0.506 e. The van der Waals surface area contributed by atoms with Crippen molar-refractivity contribution in [2.75, 3.05) is 0 Å². The average molecular weight is 138 g/mol. The minimum absolute atomic E-state index is 0.0927. The molecule has 52 valence electrons. The Morgan fingerprint density at radius 3 is 2.80 bits per heavy atom. The van der Waals surface area contributed by atoms with Crippen molar-refractivity contribution < 1.29 is 10.3 Å². The van der Waals surface area contributed by atoms with Crippen molar-refractivity contribution in [3.63, 3.8) is 0 Å². The van der Waals surface area contributed by atoms with Gasteiger partial charge < -0.3 is 10.3 Å². The molecule has 0 fully saturated rings. The monoisotopic (exact) mass is 138 g/mol. The maximum Gasteiger partial charge on any atom is 0.133 e. The van der Waals surface area contributed by atoms with Crippen LogP contribution < -0.4 is 0 Å². The Kier molecular flexibility index (Phi) is 1.84. The quantitative estimate of drug-likeness (QED) is 0.339. The van der Waals surface area contributed by atoms with Crippen LogP contribution in [0.15, 0.2) is 23.5 Å². The van der Waals surface area contributed by atoms with Gasteiger partial charge in [-0.25, -0.2) is 0 Å². The number of hydrogen-bond acceptors (Lipinski definition) is 4. The Labute approximate surface area is 57.5 Å². The predicted molar refractivity (Wildman–Crippen MR) is 35.3 cm³/mol. The molecular formula is C6H6N2O2. The summed E-state index contributed by atoms with van der Waals surface area (Å²) >= 11 is 0. The first-order valence-electron chi connectivity index (χ1n) is 2.65. The van der Waals surface area contributed by atoms with Gasteiger partial charge in [0.25, 0.3) is 0 Å². The molecule has 0 radical (unpaired) electrons. The predicted octanol–water partition coefficient (Wildman–Crippen LogP) is 0.595. The first kappa shape index (κ1) is 6.54. The third-order valence-electron chi connectivity index (χ3n) is 0.961. The van der Waals surface area contributed by atoms with Crippen molar-refractivity contribution >= 4 is 6.21 Å². The number of oxime groups is 1. The summed E-state index contributed by atoms with van der Waals surface area (Å²) in [5.74, 6) is 0.0927. The third kappa shape index (κ3) is 1.45. The van der Waals surface area contributed by atoms with Crippen molar-refractivity contribution in [2.45, 2.75) is 0 Å². The first-order chi connectivity index (χ1) is 4.83. The number of pyridine rings is 1. The Morgan fingerprint density at radius 2 is 2.30 bits per heavy atom. The summed E-state index contributed by atoms with van der Waals surface area (Å²) in [5.41, 5.74) is 0.500. The molecule has 4 heteroatoms. The lowest BCUT2D eigenvalue weighted by Crippen LogP contribution is -1.84. The number of nitrogens with zero attached hydrogens (tertiary/aromatic N) is 2. The Balaban J connectivity index is 2.89. The van der Waals surface area contributed by atoms with Gasteiger partial charge >= 0.3 is 0 Å². The van der Waals surface area contributed by atoms with Crippen LogP contribution in [0.25, 0.3) is 0 Å².